The molecular formula is C31H51N9. The maximum Gasteiger partial charge on any atom is 0.200 e. The van der Waals surface area contributed by atoms with Crippen LogP contribution in [0.15, 0.2) is 42.1 Å². The topological polar surface area (TPSA) is 81.9 Å². The lowest BCUT2D eigenvalue weighted by Gasteiger charge is -2.53. The Morgan fingerprint density at radius 2 is 1.20 bits per heavy atom. The standard InChI is InChI=1S/C31H51N9/c1-2-10-24(11-3-1)31(38-21-15-28(35-38)25-12-4-7-18-32-25,39-22-16-29(36-39)26-13-5-8-19-33-26)40-23-17-30(37-40)27-14-6-9-20-34-27/h1-3,10-11,15,25-27,29-30,32-37H,4-9,12-14,16-23H2. The summed E-state index contributed by atoms with van der Waals surface area (Å²) in [6.07, 6.45) is 16.3. The second-order valence-electron chi connectivity index (χ2n) is 12.9. The summed E-state index contributed by atoms with van der Waals surface area (Å²) < 4.78 is 0. The summed E-state index contributed by atoms with van der Waals surface area (Å²) in [7, 11) is 0. The highest BCUT2D eigenvalue weighted by Gasteiger charge is 2.55. The first kappa shape index (κ1) is 27.3. The minimum Gasteiger partial charge on any atom is -0.318 e. The van der Waals surface area contributed by atoms with Crippen molar-refractivity contribution in [2.75, 3.05) is 39.3 Å². The van der Waals surface area contributed by atoms with E-state index >= 15 is 0 Å². The molecule has 220 valence electrons. The molecule has 5 saturated heterocycles. The first-order chi connectivity index (χ1) is 19.8. The number of benzene rings is 1. The molecule has 0 aliphatic carbocycles. The molecule has 6 aliphatic heterocycles. The van der Waals surface area contributed by atoms with Crippen LogP contribution in [-0.4, -0.2) is 84.5 Å². The van der Waals surface area contributed by atoms with Gasteiger partial charge in [0.1, 0.15) is 0 Å². The SMILES string of the molecule is C1=C(C2CCCCN2)NN(C(c2ccccc2)(N2CCC(C3CCCCN3)N2)N2CCC(C3CCCCN3)N2)C1. The van der Waals surface area contributed by atoms with Gasteiger partial charge in [-0.25, -0.2) is 20.9 Å². The summed E-state index contributed by atoms with van der Waals surface area (Å²) in [4.78, 5) is 0. The molecule has 1 aromatic rings. The predicted octanol–water partition coefficient (Wildman–Crippen LogP) is 2.09. The third-order valence-electron chi connectivity index (χ3n) is 10.4. The van der Waals surface area contributed by atoms with Gasteiger partial charge in [-0.1, -0.05) is 49.6 Å². The van der Waals surface area contributed by atoms with Crippen LogP contribution in [0.1, 0.15) is 76.2 Å². The van der Waals surface area contributed by atoms with E-state index in [0.29, 0.717) is 30.2 Å². The zero-order valence-corrected chi connectivity index (χ0v) is 24.2. The molecule has 1 aromatic carbocycles. The van der Waals surface area contributed by atoms with E-state index in [1.807, 2.05) is 0 Å². The summed E-state index contributed by atoms with van der Waals surface area (Å²) in [5.41, 5.74) is 14.8. The van der Waals surface area contributed by atoms with Gasteiger partial charge >= 0.3 is 0 Å². The summed E-state index contributed by atoms with van der Waals surface area (Å²) in [5, 5.41) is 19.1. The molecule has 6 aliphatic rings. The first-order valence-electron chi connectivity index (χ1n) is 16.4. The lowest BCUT2D eigenvalue weighted by molar-refractivity contribution is -0.212. The molecule has 5 fully saturated rings. The number of nitrogens with zero attached hydrogens (tertiary/aromatic N) is 3. The van der Waals surface area contributed by atoms with E-state index in [1.165, 1.54) is 69.0 Å². The van der Waals surface area contributed by atoms with E-state index in [-0.39, 0.29) is 0 Å². The molecule has 0 radical (unpaired) electrons. The van der Waals surface area contributed by atoms with Crippen molar-refractivity contribution in [1.29, 1.82) is 0 Å². The molecule has 0 spiro atoms. The molecule has 40 heavy (non-hydrogen) atoms. The predicted molar refractivity (Wildman–Crippen MR) is 159 cm³/mol. The maximum atomic E-state index is 4.10. The minimum atomic E-state index is -0.499. The van der Waals surface area contributed by atoms with Gasteiger partial charge < -0.3 is 21.4 Å². The van der Waals surface area contributed by atoms with Gasteiger partial charge in [-0.2, -0.15) is 5.01 Å². The second-order valence-corrected chi connectivity index (χ2v) is 12.9. The lowest BCUT2D eigenvalue weighted by atomic mass is 9.97. The van der Waals surface area contributed by atoms with Crippen molar-refractivity contribution in [2.24, 2.45) is 0 Å². The van der Waals surface area contributed by atoms with Crippen LogP contribution in [0.25, 0.3) is 0 Å². The molecule has 0 amide bonds. The Morgan fingerprint density at radius 1 is 0.600 bits per heavy atom. The molecule has 6 N–H and O–H groups in total. The van der Waals surface area contributed by atoms with E-state index < -0.39 is 5.79 Å². The molecule has 9 heteroatoms. The zero-order chi connectivity index (χ0) is 26.8. The lowest BCUT2D eigenvalue weighted by Crippen LogP contribution is -2.73. The van der Waals surface area contributed by atoms with E-state index in [9.17, 15) is 0 Å². The molecule has 0 aromatic heterocycles. The van der Waals surface area contributed by atoms with Crippen LogP contribution >= 0.6 is 0 Å². The number of piperidine rings is 3. The maximum absolute atomic E-state index is 4.10. The number of hydrogen-bond acceptors (Lipinski definition) is 9. The fraction of sp³-hybridized carbons (Fsp3) is 0.742. The number of hydrazine groups is 3. The fourth-order valence-electron chi connectivity index (χ4n) is 8.26. The first-order valence-corrected chi connectivity index (χ1v) is 16.4. The molecule has 7 rings (SSSR count). The average Bonchev–Trinajstić information content (AvgIpc) is 3.83. The Kier molecular flexibility index (Phi) is 8.43. The summed E-state index contributed by atoms with van der Waals surface area (Å²) in [6, 6.07) is 13.7. The van der Waals surface area contributed by atoms with Gasteiger partial charge in [-0.15, -0.1) is 0 Å². The Labute approximate surface area is 240 Å². The van der Waals surface area contributed by atoms with Crippen LogP contribution in [0.5, 0.6) is 0 Å². The van der Waals surface area contributed by atoms with Crippen molar-refractivity contribution in [3.63, 3.8) is 0 Å². The minimum absolute atomic E-state index is 0.420. The van der Waals surface area contributed by atoms with Gasteiger partial charge in [0.05, 0.1) is 0 Å². The van der Waals surface area contributed by atoms with Gasteiger partial charge in [0.25, 0.3) is 0 Å². The summed E-state index contributed by atoms with van der Waals surface area (Å²) in [6.45, 7) is 6.30. The Balaban J connectivity index is 1.22. The highest BCUT2D eigenvalue weighted by molar-refractivity contribution is 5.27. The largest absolute Gasteiger partial charge is 0.318 e. The Hall–Kier alpha value is -1.56. The summed E-state index contributed by atoms with van der Waals surface area (Å²) in [5.74, 6) is -0.499. The van der Waals surface area contributed by atoms with Crippen molar-refractivity contribution in [1.82, 2.24) is 47.3 Å². The normalized spacial score (nSPS) is 36.3. The highest BCUT2D eigenvalue weighted by Crippen LogP contribution is 2.40. The van der Waals surface area contributed by atoms with E-state index in [1.54, 1.807) is 0 Å². The molecule has 9 nitrogen and oxygen atoms in total. The average molecular weight is 550 g/mol. The van der Waals surface area contributed by atoms with Gasteiger partial charge in [-0.3, -0.25) is 0 Å². The molecule has 5 unspecified atom stereocenters. The van der Waals surface area contributed by atoms with Crippen LogP contribution in [0.4, 0.5) is 0 Å². The van der Waals surface area contributed by atoms with E-state index in [4.69, 9.17) is 0 Å². The Bertz CT molecular complexity index is 942. The third-order valence-corrected chi connectivity index (χ3v) is 10.4. The van der Waals surface area contributed by atoms with Gasteiger partial charge in [0.15, 0.2) is 5.79 Å². The number of nitrogens with one attached hydrogen (secondary N) is 6. The smallest absolute Gasteiger partial charge is 0.200 e. The van der Waals surface area contributed by atoms with Gasteiger partial charge in [0, 0.05) is 61.1 Å². The number of hydrogen-bond donors (Lipinski definition) is 6. The highest BCUT2D eigenvalue weighted by atomic mass is 15.8. The van der Waals surface area contributed by atoms with Crippen LogP contribution in [-0.2, 0) is 5.79 Å². The van der Waals surface area contributed by atoms with E-state index in [0.717, 1.165) is 52.1 Å². The van der Waals surface area contributed by atoms with Crippen molar-refractivity contribution >= 4 is 0 Å². The number of rotatable bonds is 7. The van der Waals surface area contributed by atoms with Gasteiger partial charge in [0.2, 0.25) is 0 Å². The monoisotopic (exact) mass is 549 g/mol. The van der Waals surface area contributed by atoms with Crippen molar-refractivity contribution in [2.45, 2.75) is 107 Å². The van der Waals surface area contributed by atoms with Gasteiger partial charge in [-0.05, 0) is 77.1 Å². The molecular weight excluding hydrogens is 498 g/mol. The van der Waals surface area contributed by atoms with Crippen LogP contribution < -0.4 is 32.2 Å². The van der Waals surface area contributed by atoms with Crippen LogP contribution in [0, 0.1) is 0 Å². The molecule has 5 atom stereocenters. The van der Waals surface area contributed by atoms with E-state index in [2.05, 4.69) is 83.7 Å². The quantitative estimate of drug-likeness (QED) is 0.306. The molecule has 6 heterocycles. The fourth-order valence-corrected chi connectivity index (χ4v) is 8.26. The van der Waals surface area contributed by atoms with Crippen molar-refractivity contribution < 1.29 is 0 Å². The van der Waals surface area contributed by atoms with Crippen LogP contribution in [0.3, 0.4) is 0 Å². The Morgan fingerprint density at radius 3 is 1.75 bits per heavy atom. The van der Waals surface area contributed by atoms with Crippen molar-refractivity contribution in [3.05, 3.63) is 47.7 Å². The van der Waals surface area contributed by atoms with Crippen molar-refractivity contribution in [3.8, 4) is 0 Å². The third kappa shape index (κ3) is 5.24. The van der Waals surface area contributed by atoms with Crippen LogP contribution in [0.2, 0.25) is 0 Å². The molecule has 0 saturated carbocycles. The second kappa shape index (κ2) is 12.4. The zero-order valence-electron chi connectivity index (χ0n) is 24.2. The summed E-state index contributed by atoms with van der Waals surface area (Å²) >= 11 is 0. The molecule has 0 bridgehead atoms.